The number of hydrogen-bond acceptors (Lipinski definition) is 2. The van der Waals surface area contributed by atoms with Crippen LogP contribution >= 0.6 is 0 Å². The Bertz CT molecular complexity index is 2610. The molecule has 0 aliphatic rings. The summed E-state index contributed by atoms with van der Waals surface area (Å²) < 4.78 is 0. The minimum absolute atomic E-state index is 0.284. The summed E-state index contributed by atoms with van der Waals surface area (Å²) >= 11 is 0. The Hall–Kier alpha value is -5.60. The van der Waals surface area contributed by atoms with Gasteiger partial charge in [-0.3, -0.25) is 0 Å². The summed E-state index contributed by atoms with van der Waals surface area (Å²) in [4.78, 5) is 5.06. The summed E-state index contributed by atoms with van der Waals surface area (Å²) in [7, 11) is 0. The quantitative estimate of drug-likeness (QED) is 0.144. The van der Waals surface area contributed by atoms with Crippen LogP contribution in [0.5, 0.6) is 0 Å². The molecule has 0 heterocycles. The molecule has 282 valence electrons. The van der Waals surface area contributed by atoms with Gasteiger partial charge in [0.15, 0.2) is 0 Å². The largest absolute Gasteiger partial charge is 0.310 e. The minimum Gasteiger partial charge on any atom is -0.310 e. The molecule has 0 unspecified atom stereocenters. The smallest absolute Gasteiger partial charge is 0.0546 e. The zero-order chi connectivity index (χ0) is 39.7. The van der Waals surface area contributed by atoms with E-state index in [1.54, 1.807) is 0 Å². The van der Waals surface area contributed by atoms with E-state index in [1.165, 1.54) is 122 Å². The SMILES string of the molecule is Cc1cc(C)cc(N(c2cc(C)cc(C)c2)c2cc3c(C(C)C)cc(N(c4cc(C)cc(C)c4)c4cc(C)cc(C)c4)c4ccc5c(C(C)C)ccc2c5c34)c1. The molecule has 0 radical (unpaired) electrons. The predicted molar refractivity (Wildman–Crippen MR) is 246 cm³/mol. The minimum atomic E-state index is 0.284. The maximum Gasteiger partial charge on any atom is 0.0546 e. The van der Waals surface area contributed by atoms with E-state index in [1.807, 2.05) is 0 Å². The maximum absolute atomic E-state index is 2.53. The fourth-order valence-corrected chi connectivity index (χ4v) is 9.52. The monoisotopic (exact) mass is 732 g/mol. The van der Waals surface area contributed by atoms with E-state index in [-0.39, 0.29) is 5.92 Å². The van der Waals surface area contributed by atoms with Gasteiger partial charge in [-0.05, 0) is 205 Å². The van der Waals surface area contributed by atoms with E-state index in [0.29, 0.717) is 5.92 Å². The summed E-state index contributed by atoms with van der Waals surface area (Å²) in [5.41, 5.74) is 20.1. The van der Waals surface area contributed by atoms with Crippen molar-refractivity contribution in [3.05, 3.63) is 165 Å². The van der Waals surface area contributed by atoms with Crippen molar-refractivity contribution in [3.63, 3.8) is 0 Å². The second-order valence-corrected chi connectivity index (χ2v) is 17.4. The first-order chi connectivity index (χ1) is 26.7. The van der Waals surface area contributed by atoms with Crippen LogP contribution < -0.4 is 9.80 Å². The molecule has 0 aliphatic heterocycles. The Morgan fingerprint density at radius 2 is 0.607 bits per heavy atom. The fraction of sp³-hybridized carbons (Fsp3) is 0.259. The first kappa shape index (κ1) is 37.3. The van der Waals surface area contributed by atoms with Crippen LogP contribution in [0.15, 0.2) is 109 Å². The highest BCUT2D eigenvalue weighted by Gasteiger charge is 2.27. The molecule has 0 atom stereocenters. The molecule has 0 bridgehead atoms. The first-order valence-electron chi connectivity index (χ1n) is 20.4. The van der Waals surface area contributed by atoms with Crippen LogP contribution in [0.2, 0.25) is 0 Å². The summed E-state index contributed by atoms with van der Waals surface area (Å²) in [6.45, 7) is 27.1. The summed E-state index contributed by atoms with van der Waals surface area (Å²) in [5.74, 6) is 0.663. The van der Waals surface area contributed by atoms with Gasteiger partial charge in [0.1, 0.15) is 0 Å². The van der Waals surface area contributed by atoms with Gasteiger partial charge < -0.3 is 9.80 Å². The molecular weight excluding hydrogens is 677 g/mol. The molecule has 56 heavy (non-hydrogen) atoms. The molecule has 0 saturated heterocycles. The van der Waals surface area contributed by atoms with Crippen molar-refractivity contribution >= 4 is 66.4 Å². The lowest BCUT2D eigenvalue weighted by Gasteiger charge is -2.32. The number of benzene rings is 8. The van der Waals surface area contributed by atoms with Gasteiger partial charge in [-0.15, -0.1) is 0 Å². The molecule has 2 heteroatoms. The molecule has 2 nitrogen and oxygen atoms in total. The summed E-state index contributed by atoms with van der Waals surface area (Å²) in [5, 5.41) is 7.92. The highest BCUT2D eigenvalue weighted by atomic mass is 15.2. The van der Waals surface area contributed by atoms with Gasteiger partial charge in [-0.1, -0.05) is 76.2 Å². The van der Waals surface area contributed by atoms with Gasteiger partial charge in [-0.25, -0.2) is 0 Å². The van der Waals surface area contributed by atoms with Crippen molar-refractivity contribution in [2.45, 2.75) is 94.9 Å². The molecular formula is C54H56N2. The van der Waals surface area contributed by atoms with E-state index in [4.69, 9.17) is 0 Å². The molecule has 0 saturated carbocycles. The lowest BCUT2D eigenvalue weighted by molar-refractivity contribution is 0.875. The molecule has 0 aromatic heterocycles. The van der Waals surface area contributed by atoms with Gasteiger partial charge in [0.2, 0.25) is 0 Å². The van der Waals surface area contributed by atoms with Crippen molar-refractivity contribution < 1.29 is 0 Å². The number of hydrogen-bond donors (Lipinski definition) is 0. The maximum atomic E-state index is 2.53. The molecule has 0 amide bonds. The Labute approximate surface area is 334 Å². The van der Waals surface area contributed by atoms with Crippen molar-refractivity contribution in [2.24, 2.45) is 0 Å². The fourth-order valence-electron chi connectivity index (χ4n) is 9.52. The summed E-state index contributed by atoms with van der Waals surface area (Å²) in [6, 6.07) is 42.5. The summed E-state index contributed by atoms with van der Waals surface area (Å²) in [6.07, 6.45) is 0. The van der Waals surface area contributed by atoms with Crippen LogP contribution in [-0.4, -0.2) is 0 Å². The molecule has 0 aliphatic carbocycles. The third-order valence-electron chi connectivity index (χ3n) is 11.5. The van der Waals surface area contributed by atoms with Crippen LogP contribution in [-0.2, 0) is 0 Å². The van der Waals surface area contributed by atoms with Gasteiger partial charge >= 0.3 is 0 Å². The van der Waals surface area contributed by atoms with Crippen LogP contribution in [0.3, 0.4) is 0 Å². The van der Waals surface area contributed by atoms with Gasteiger partial charge in [0, 0.05) is 33.5 Å². The highest BCUT2D eigenvalue weighted by Crippen LogP contribution is 2.52. The Balaban J connectivity index is 1.56. The Kier molecular flexibility index (Phi) is 9.44. The standard InChI is InChI=1S/C54H56N2/c1-31(2)45-13-15-47-52(56(43-25-37(9)19-38(10)26-43)44-27-39(11)20-40(12)28-44)30-50-49(32(3)4)29-51(48-16-14-46(45)53(47)54(48)50)55(41-21-33(5)17-34(6)22-41)42-23-35(7)18-36(8)24-42/h13-32H,1-12H3. The third-order valence-corrected chi connectivity index (χ3v) is 11.5. The number of aryl methyl sites for hydroxylation is 8. The van der Waals surface area contributed by atoms with Crippen LogP contribution in [0.25, 0.3) is 32.3 Å². The topological polar surface area (TPSA) is 6.48 Å². The number of nitrogens with zero attached hydrogens (tertiary/aromatic N) is 2. The lowest BCUT2D eigenvalue weighted by Crippen LogP contribution is -2.14. The molecule has 8 aromatic carbocycles. The molecule has 0 N–H and O–H groups in total. The van der Waals surface area contributed by atoms with Crippen molar-refractivity contribution in [1.29, 1.82) is 0 Å². The van der Waals surface area contributed by atoms with E-state index < -0.39 is 0 Å². The van der Waals surface area contributed by atoms with E-state index in [0.717, 1.165) is 0 Å². The van der Waals surface area contributed by atoms with Crippen LogP contribution in [0, 0.1) is 55.4 Å². The zero-order valence-corrected chi connectivity index (χ0v) is 35.4. The molecule has 8 aromatic rings. The van der Waals surface area contributed by atoms with Crippen LogP contribution in [0.4, 0.5) is 34.1 Å². The third kappa shape index (κ3) is 6.60. The molecule has 8 rings (SSSR count). The molecule has 0 spiro atoms. The van der Waals surface area contributed by atoms with Crippen LogP contribution in [0.1, 0.15) is 95.2 Å². The van der Waals surface area contributed by atoms with E-state index in [9.17, 15) is 0 Å². The van der Waals surface area contributed by atoms with E-state index >= 15 is 0 Å². The highest BCUT2D eigenvalue weighted by molar-refractivity contribution is 6.30. The molecule has 0 fully saturated rings. The van der Waals surface area contributed by atoms with Gasteiger partial charge in [0.05, 0.1) is 11.4 Å². The van der Waals surface area contributed by atoms with E-state index in [2.05, 4.69) is 202 Å². The Morgan fingerprint density at radius 3 is 0.964 bits per heavy atom. The zero-order valence-electron chi connectivity index (χ0n) is 35.4. The first-order valence-corrected chi connectivity index (χ1v) is 20.4. The lowest BCUT2D eigenvalue weighted by atomic mass is 9.84. The Morgan fingerprint density at radius 1 is 0.304 bits per heavy atom. The second-order valence-electron chi connectivity index (χ2n) is 17.4. The van der Waals surface area contributed by atoms with Crippen molar-refractivity contribution in [1.82, 2.24) is 0 Å². The average Bonchev–Trinajstić information content (AvgIpc) is 3.09. The number of anilines is 6. The average molecular weight is 733 g/mol. The van der Waals surface area contributed by atoms with Gasteiger partial charge in [-0.2, -0.15) is 0 Å². The van der Waals surface area contributed by atoms with Crippen molar-refractivity contribution in [2.75, 3.05) is 9.80 Å². The second kappa shape index (κ2) is 14.2. The van der Waals surface area contributed by atoms with Gasteiger partial charge in [0.25, 0.3) is 0 Å². The number of rotatable bonds is 8. The predicted octanol–water partition coefficient (Wildman–Crippen LogP) is 16.2. The van der Waals surface area contributed by atoms with Crippen molar-refractivity contribution in [3.8, 4) is 0 Å². The normalized spacial score (nSPS) is 11.9.